The molecule has 0 bridgehead atoms. The molecule has 1 N–H and O–H groups in total. The van der Waals surface area contributed by atoms with Gasteiger partial charge in [0.1, 0.15) is 10.4 Å². The molecule has 1 atom stereocenters. The van der Waals surface area contributed by atoms with Crippen LogP contribution < -0.4 is 5.32 Å². The minimum absolute atomic E-state index is 0.379. The molecule has 1 saturated heterocycles. The van der Waals surface area contributed by atoms with Crippen LogP contribution in [0, 0.1) is 5.41 Å². The Kier molecular flexibility index (Phi) is 2.67. The fourth-order valence-corrected chi connectivity index (χ4v) is 3.26. The highest BCUT2D eigenvalue weighted by atomic mass is 32.1. The zero-order chi connectivity index (χ0) is 13.6. The molecule has 1 aliphatic carbocycles. The average molecular weight is 279 g/mol. The Balaban J connectivity index is 1.94. The predicted molar refractivity (Wildman–Crippen MR) is 67.2 cm³/mol. The lowest BCUT2D eigenvalue weighted by molar-refractivity contribution is -0.159. The molecule has 100 valence electrons. The van der Waals surface area contributed by atoms with E-state index >= 15 is 0 Å². The lowest BCUT2D eigenvalue weighted by atomic mass is 9.66. The first-order chi connectivity index (χ1) is 9.06. The quantitative estimate of drug-likeness (QED) is 0.831. The summed E-state index contributed by atoms with van der Waals surface area (Å²) in [4.78, 5) is 41.6. The number of nitrogens with zero attached hydrogens (tertiary/aromatic N) is 2. The van der Waals surface area contributed by atoms with Gasteiger partial charge in [-0.1, -0.05) is 6.42 Å². The van der Waals surface area contributed by atoms with Crippen molar-refractivity contribution in [1.82, 2.24) is 15.2 Å². The molecule has 3 rings (SSSR count). The standard InChI is InChI=1S/C12H13N3O3S/c1-7(8-13-5-6-19-8)15-10(17)12(3-2-4-12)9(16)14-11(15)18/h5-7H,2-4H2,1H3,(H,14,16,18). The van der Waals surface area contributed by atoms with Crippen molar-refractivity contribution < 1.29 is 14.4 Å². The highest BCUT2D eigenvalue weighted by Crippen LogP contribution is 2.46. The van der Waals surface area contributed by atoms with Crippen LogP contribution in [0.4, 0.5) is 4.79 Å². The molecule has 1 spiro atoms. The number of carbonyl (C=O) groups excluding carboxylic acids is 3. The van der Waals surface area contributed by atoms with Crippen LogP contribution in [0.2, 0.25) is 0 Å². The largest absolute Gasteiger partial charge is 0.331 e. The lowest BCUT2D eigenvalue weighted by Gasteiger charge is -2.45. The van der Waals surface area contributed by atoms with Crippen LogP contribution in [0.1, 0.15) is 37.2 Å². The summed E-state index contributed by atoms with van der Waals surface area (Å²) in [5.74, 6) is -0.827. The van der Waals surface area contributed by atoms with Crippen molar-refractivity contribution in [1.29, 1.82) is 0 Å². The Labute approximate surface area is 113 Å². The van der Waals surface area contributed by atoms with Crippen molar-refractivity contribution in [3.63, 3.8) is 0 Å². The molecule has 7 heteroatoms. The van der Waals surface area contributed by atoms with Gasteiger partial charge >= 0.3 is 6.03 Å². The number of amides is 4. The van der Waals surface area contributed by atoms with Crippen molar-refractivity contribution >= 4 is 29.2 Å². The molecule has 1 aromatic heterocycles. The highest BCUT2D eigenvalue weighted by Gasteiger charge is 2.58. The zero-order valence-corrected chi connectivity index (χ0v) is 11.2. The number of barbiturate groups is 1. The average Bonchev–Trinajstić information content (AvgIpc) is 2.79. The smallest absolute Gasteiger partial charge is 0.277 e. The number of imide groups is 2. The topological polar surface area (TPSA) is 79.4 Å². The number of carbonyl (C=O) groups is 3. The third-order valence-corrected chi connectivity index (χ3v) is 4.85. The summed E-state index contributed by atoms with van der Waals surface area (Å²) in [6, 6.07) is -1.09. The van der Waals surface area contributed by atoms with Crippen LogP contribution in [-0.4, -0.2) is 27.7 Å². The first kappa shape index (κ1) is 12.3. The van der Waals surface area contributed by atoms with Gasteiger partial charge in [0.15, 0.2) is 0 Å². The summed E-state index contributed by atoms with van der Waals surface area (Å²) in [5.41, 5.74) is -1.01. The van der Waals surface area contributed by atoms with Crippen LogP contribution >= 0.6 is 11.3 Å². The lowest BCUT2D eigenvalue weighted by Crippen LogP contribution is -2.66. The number of rotatable bonds is 2. The van der Waals surface area contributed by atoms with E-state index in [0.29, 0.717) is 17.8 Å². The minimum Gasteiger partial charge on any atom is -0.277 e. The van der Waals surface area contributed by atoms with Crippen molar-refractivity contribution in [2.75, 3.05) is 0 Å². The van der Waals surface area contributed by atoms with E-state index in [1.54, 1.807) is 18.5 Å². The predicted octanol–water partition coefficient (Wildman–Crippen LogP) is 1.45. The molecule has 1 unspecified atom stereocenters. The number of urea groups is 1. The fourth-order valence-electron chi connectivity index (χ4n) is 2.57. The molecule has 2 heterocycles. The molecule has 2 aliphatic rings. The van der Waals surface area contributed by atoms with E-state index < -0.39 is 23.4 Å². The second-order valence-corrected chi connectivity index (χ2v) is 5.84. The number of nitrogens with one attached hydrogen (secondary N) is 1. The summed E-state index contributed by atoms with van der Waals surface area (Å²) < 4.78 is 0. The van der Waals surface area contributed by atoms with E-state index in [9.17, 15) is 14.4 Å². The number of hydrogen-bond donors (Lipinski definition) is 1. The van der Waals surface area contributed by atoms with Crippen molar-refractivity contribution in [3.8, 4) is 0 Å². The molecular formula is C12H13N3O3S. The Hall–Kier alpha value is -1.76. The van der Waals surface area contributed by atoms with Gasteiger partial charge in [0.2, 0.25) is 11.8 Å². The number of aromatic nitrogens is 1. The van der Waals surface area contributed by atoms with Gasteiger partial charge in [-0.15, -0.1) is 11.3 Å². The van der Waals surface area contributed by atoms with Crippen LogP contribution in [-0.2, 0) is 9.59 Å². The maximum Gasteiger partial charge on any atom is 0.331 e. The normalized spacial score (nSPS) is 23.2. The molecule has 0 radical (unpaired) electrons. The molecule has 1 aliphatic heterocycles. The van der Waals surface area contributed by atoms with Gasteiger partial charge in [-0.2, -0.15) is 0 Å². The SMILES string of the molecule is CC(c1nccs1)N1C(=O)NC(=O)C2(CCC2)C1=O. The maximum atomic E-state index is 12.5. The summed E-state index contributed by atoms with van der Waals surface area (Å²) in [6.07, 6.45) is 3.51. The van der Waals surface area contributed by atoms with Gasteiger partial charge in [0.25, 0.3) is 0 Å². The first-order valence-corrected chi connectivity index (χ1v) is 7.03. The maximum absolute atomic E-state index is 12.5. The summed E-state index contributed by atoms with van der Waals surface area (Å²) in [5, 5.41) is 4.78. The van der Waals surface area contributed by atoms with Gasteiger partial charge in [-0.05, 0) is 19.8 Å². The second kappa shape index (κ2) is 4.12. The number of hydrogen-bond acceptors (Lipinski definition) is 5. The third-order valence-electron chi connectivity index (χ3n) is 3.91. The van der Waals surface area contributed by atoms with Gasteiger partial charge in [-0.25, -0.2) is 9.78 Å². The summed E-state index contributed by atoms with van der Waals surface area (Å²) >= 11 is 1.39. The van der Waals surface area contributed by atoms with Crippen LogP contribution in [0.3, 0.4) is 0 Å². The fraction of sp³-hybridized carbons (Fsp3) is 0.500. The van der Waals surface area contributed by atoms with Crippen LogP contribution in [0.5, 0.6) is 0 Å². The first-order valence-electron chi connectivity index (χ1n) is 6.15. The Morgan fingerprint density at radius 3 is 2.68 bits per heavy atom. The molecular weight excluding hydrogens is 266 g/mol. The van der Waals surface area contributed by atoms with E-state index in [0.717, 1.165) is 11.3 Å². The summed E-state index contributed by atoms with van der Waals surface area (Å²) in [7, 11) is 0. The Bertz CT molecular complexity index is 551. The Morgan fingerprint density at radius 1 is 1.42 bits per heavy atom. The molecule has 0 aromatic carbocycles. The highest BCUT2D eigenvalue weighted by molar-refractivity contribution is 7.09. The second-order valence-electron chi connectivity index (χ2n) is 4.92. The molecule has 4 amide bonds. The van der Waals surface area contributed by atoms with Crippen molar-refractivity contribution in [2.45, 2.75) is 32.2 Å². The van der Waals surface area contributed by atoms with Crippen molar-refractivity contribution in [2.24, 2.45) is 5.41 Å². The van der Waals surface area contributed by atoms with E-state index in [1.807, 2.05) is 0 Å². The van der Waals surface area contributed by atoms with Gasteiger partial charge in [0.05, 0.1) is 6.04 Å². The molecule has 6 nitrogen and oxygen atoms in total. The third kappa shape index (κ3) is 1.61. The van der Waals surface area contributed by atoms with Gasteiger partial charge < -0.3 is 0 Å². The van der Waals surface area contributed by atoms with E-state index in [2.05, 4.69) is 10.3 Å². The van der Waals surface area contributed by atoms with E-state index in [4.69, 9.17) is 0 Å². The van der Waals surface area contributed by atoms with Crippen LogP contribution in [0.15, 0.2) is 11.6 Å². The van der Waals surface area contributed by atoms with Crippen molar-refractivity contribution in [3.05, 3.63) is 16.6 Å². The number of thiazole rings is 1. The zero-order valence-electron chi connectivity index (χ0n) is 10.4. The summed E-state index contributed by atoms with van der Waals surface area (Å²) in [6.45, 7) is 1.75. The molecule has 2 fully saturated rings. The Morgan fingerprint density at radius 2 is 2.16 bits per heavy atom. The van der Waals surface area contributed by atoms with E-state index in [1.165, 1.54) is 11.3 Å². The van der Waals surface area contributed by atoms with Crippen LogP contribution in [0.25, 0.3) is 0 Å². The molecule has 1 aromatic rings. The van der Waals surface area contributed by atoms with Gasteiger partial charge in [-0.3, -0.25) is 19.8 Å². The minimum atomic E-state index is -1.01. The van der Waals surface area contributed by atoms with E-state index in [-0.39, 0.29) is 5.91 Å². The molecule has 1 saturated carbocycles. The monoisotopic (exact) mass is 279 g/mol. The van der Waals surface area contributed by atoms with Gasteiger partial charge in [0, 0.05) is 11.6 Å². The molecule has 19 heavy (non-hydrogen) atoms.